The van der Waals surface area contributed by atoms with Crippen molar-refractivity contribution < 1.29 is 14.8 Å². The summed E-state index contributed by atoms with van der Waals surface area (Å²) < 4.78 is 0. The number of aliphatic carboxylic acids is 1. The van der Waals surface area contributed by atoms with Crippen LogP contribution in [0.3, 0.4) is 0 Å². The van der Waals surface area contributed by atoms with Crippen LogP contribution in [0.1, 0.15) is 31.7 Å². The highest BCUT2D eigenvalue weighted by atomic mass is 16.6. The quantitative estimate of drug-likeness (QED) is 0.584. The third kappa shape index (κ3) is 4.24. The molecule has 1 unspecified atom stereocenters. The van der Waals surface area contributed by atoms with E-state index in [1.165, 1.54) is 18.2 Å². The maximum Gasteiger partial charge on any atom is 0.305 e. The molecule has 0 amide bonds. The van der Waals surface area contributed by atoms with E-state index < -0.39 is 10.9 Å². The molecular weight excluding hydrogens is 262 g/mol. The molecule has 1 aromatic carbocycles. The van der Waals surface area contributed by atoms with E-state index in [2.05, 4.69) is 5.32 Å². The molecular formula is C13H15N3O4. The summed E-state index contributed by atoms with van der Waals surface area (Å²) in [5.41, 5.74) is 0.191. The molecule has 7 nitrogen and oxygen atoms in total. The van der Waals surface area contributed by atoms with Crippen molar-refractivity contribution in [2.75, 3.05) is 5.32 Å². The van der Waals surface area contributed by atoms with Gasteiger partial charge in [0.1, 0.15) is 5.69 Å². The standard InChI is InChI=1S/C13H15N3O4/c1-2-3-10(7-13(17)18)15-11-5-4-9(8-14)6-12(11)16(19)20/h4-6,10,15H,2-3,7H2,1H3,(H,17,18). The van der Waals surface area contributed by atoms with Gasteiger partial charge in [0.05, 0.1) is 23.0 Å². The molecule has 0 bridgehead atoms. The molecule has 1 rings (SSSR count). The van der Waals surface area contributed by atoms with Crippen molar-refractivity contribution in [2.24, 2.45) is 0 Å². The molecule has 20 heavy (non-hydrogen) atoms. The Kier molecular flexibility index (Phi) is 5.47. The van der Waals surface area contributed by atoms with Crippen LogP contribution in [-0.4, -0.2) is 22.0 Å². The van der Waals surface area contributed by atoms with Gasteiger partial charge in [-0.15, -0.1) is 0 Å². The minimum atomic E-state index is -0.966. The van der Waals surface area contributed by atoms with E-state index in [0.717, 1.165) is 6.42 Å². The largest absolute Gasteiger partial charge is 0.481 e. The maximum atomic E-state index is 11.0. The van der Waals surface area contributed by atoms with Crippen LogP contribution in [0.25, 0.3) is 0 Å². The lowest BCUT2D eigenvalue weighted by molar-refractivity contribution is -0.384. The first-order chi connectivity index (χ1) is 9.47. The van der Waals surface area contributed by atoms with Crippen LogP contribution in [-0.2, 0) is 4.79 Å². The van der Waals surface area contributed by atoms with Crippen LogP contribution < -0.4 is 5.32 Å². The predicted molar refractivity (Wildman–Crippen MR) is 72.4 cm³/mol. The van der Waals surface area contributed by atoms with E-state index in [4.69, 9.17) is 10.4 Å². The number of anilines is 1. The Morgan fingerprint density at radius 3 is 2.80 bits per heavy atom. The Morgan fingerprint density at radius 1 is 1.60 bits per heavy atom. The SMILES string of the molecule is CCCC(CC(=O)O)Nc1ccc(C#N)cc1[N+](=O)[O-]. The van der Waals surface area contributed by atoms with E-state index in [1.807, 2.05) is 13.0 Å². The van der Waals surface area contributed by atoms with Crippen molar-refractivity contribution in [2.45, 2.75) is 32.2 Å². The number of nitriles is 1. The Morgan fingerprint density at radius 2 is 2.30 bits per heavy atom. The Hall–Kier alpha value is -2.62. The second-order valence-electron chi connectivity index (χ2n) is 4.33. The Labute approximate surface area is 116 Å². The van der Waals surface area contributed by atoms with Gasteiger partial charge in [0.2, 0.25) is 0 Å². The second-order valence-corrected chi connectivity index (χ2v) is 4.33. The fourth-order valence-electron chi connectivity index (χ4n) is 1.88. The highest BCUT2D eigenvalue weighted by molar-refractivity contribution is 5.70. The lowest BCUT2D eigenvalue weighted by Crippen LogP contribution is -2.23. The van der Waals surface area contributed by atoms with Crippen molar-refractivity contribution in [3.63, 3.8) is 0 Å². The molecule has 1 aromatic rings. The Bertz CT molecular complexity index is 551. The van der Waals surface area contributed by atoms with E-state index in [-0.39, 0.29) is 29.4 Å². The summed E-state index contributed by atoms with van der Waals surface area (Å²) in [5.74, 6) is -0.966. The van der Waals surface area contributed by atoms with Crippen molar-refractivity contribution in [3.8, 4) is 6.07 Å². The van der Waals surface area contributed by atoms with Gasteiger partial charge in [-0.1, -0.05) is 13.3 Å². The third-order valence-corrected chi connectivity index (χ3v) is 2.74. The summed E-state index contributed by atoms with van der Waals surface area (Å²) in [6, 6.07) is 5.51. The average molecular weight is 277 g/mol. The van der Waals surface area contributed by atoms with Gasteiger partial charge in [-0.3, -0.25) is 14.9 Å². The van der Waals surface area contributed by atoms with Gasteiger partial charge in [0, 0.05) is 12.1 Å². The number of carboxylic acid groups (broad SMARTS) is 1. The van der Waals surface area contributed by atoms with Gasteiger partial charge in [-0.05, 0) is 18.6 Å². The monoisotopic (exact) mass is 277 g/mol. The van der Waals surface area contributed by atoms with Crippen LogP contribution >= 0.6 is 0 Å². The molecule has 0 saturated carbocycles. The summed E-state index contributed by atoms with van der Waals surface area (Å²) in [7, 11) is 0. The molecule has 106 valence electrons. The highest BCUT2D eigenvalue weighted by Gasteiger charge is 2.19. The fraction of sp³-hybridized carbons (Fsp3) is 0.385. The molecule has 0 aliphatic heterocycles. The third-order valence-electron chi connectivity index (χ3n) is 2.74. The number of carbonyl (C=O) groups is 1. The molecule has 0 fully saturated rings. The average Bonchev–Trinajstić information content (AvgIpc) is 2.38. The van der Waals surface area contributed by atoms with Crippen molar-refractivity contribution in [3.05, 3.63) is 33.9 Å². The molecule has 1 atom stereocenters. The van der Waals surface area contributed by atoms with Crippen LogP contribution in [0, 0.1) is 21.4 Å². The zero-order valence-electron chi connectivity index (χ0n) is 11.0. The van der Waals surface area contributed by atoms with E-state index in [1.54, 1.807) is 0 Å². The lowest BCUT2D eigenvalue weighted by Gasteiger charge is -2.17. The van der Waals surface area contributed by atoms with Crippen LogP contribution in [0.4, 0.5) is 11.4 Å². The molecule has 0 aliphatic rings. The van der Waals surface area contributed by atoms with Gasteiger partial charge < -0.3 is 10.4 Å². The number of benzene rings is 1. The number of hydrogen-bond acceptors (Lipinski definition) is 5. The van der Waals surface area contributed by atoms with Crippen LogP contribution in [0.15, 0.2) is 18.2 Å². The first-order valence-corrected chi connectivity index (χ1v) is 6.14. The molecule has 0 saturated heterocycles. The number of rotatable bonds is 7. The second kappa shape index (κ2) is 7.09. The minimum Gasteiger partial charge on any atom is -0.481 e. The zero-order valence-corrected chi connectivity index (χ0v) is 11.0. The van der Waals surface area contributed by atoms with E-state index in [0.29, 0.717) is 6.42 Å². The molecule has 0 aromatic heterocycles. The molecule has 2 N–H and O–H groups in total. The lowest BCUT2D eigenvalue weighted by atomic mass is 10.1. The van der Waals surface area contributed by atoms with Crippen LogP contribution in [0.5, 0.6) is 0 Å². The highest BCUT2D eigenvalue weighted by Crippen LogP contribution is 2.27. The fourth-order valence-corrected chi connectivity index (χ4v) is 1.88. The van der Waals surface area contributed by atoms with E-state index >= 15 is 0 Å². The van der Waals surface area contributed by atoms with Gasteiger partial charge >= 0.3 is 5.97 Å². The van der Waals surface area contributed by atoms with Gasteiger partial charge in [0.15, 0.2) is 0 Å². The smallest absolute Gasteiger partial charge is 0.305 e. The van der Waals surface area contributed by atoms with Gasteiger partial charge in [-0.2, -0.15) is 5.26 Å². The maximum absolute atomic E-state index is 11.0. The van der Waals surface area contributed by atoms with Gasteiger partial charge in [-0.25, -0.2) is 0 Å². The van der Waals surface area contributed by atoms with Crippen molar-refractivity contribution in [1.82, 2.24) is 0 Å². The zero-order chi connectivity index (χ0) is 15.1. The summed E-state index contributed by atoms with van der Waals surface area (Å²) in [6.07, 6.45) is 1.23. The summed E-state index contributed by atoms with van der Waals surface area (Å²) in [6.45, 7) is 1.91. The summed E-state index contributed by atoms with van der Waals surface area (Å²) in [4.78, 5) is 21.2. The normalized spacial score (nSPS) is 11.4. The molecule has 0 spiro atoms. The van der Waals surface area contributed by atoms with Crippen molar-refractivity contribution >= 4 is 17.3 Å². The molecule has 7 heteroatoms. The van der Waals surface area contributed by atoms with E-state index in [9.17, 15) is 14.9 Å². The van der Waals surface area contributed by atoms with Crippen LogP contribution in [0.2, 0.25) is 0 Å². The minimum absolute atomic E-state index is 0.120. The number of nitrogens with zero attached hydrogens (tertiary/aromatic N) is 2. The first kappa shape index (κ1) is 15.4. The number of nitrogens with one attached hydrogen (secondary N) is 1. The first-order valence-electron chi connectivity index (χ1n) is 6.14. The number of hydrogen-bond donors (Lipinski definition) is 2. The summed E-state index contributed by atoms with van der Waals surface area (Å²) >= 11 is 0. The molecule has 0 heterocycles. The number of nitro groups is 1. The Balaban J connectivity index is 3.02. The summed E-state index contributed by atoms with van der Waals surface area (Å²) in [5, 5.41) is 31.5. The predicted octanol–water partition coefficient (Wildman–Crippen LogP) is 2.52. The number of nitro benzene ring substituents is 1. The molecule has 0 aliphatic carbocycles. The molecule has 0 radical (unpaired) electrons. The number of carboxylic acids is 1. The van der Waals surface area contributed by atoms with Gasteiger partial charge in [0.25, 0.3) is 5.69 Å². The van der Waals surface area contributed by atoms with Crippen molar-refractivity contribution in [1.29, 1.82) is 5.26 Å². The topological polar surface area (TPSA) is 116 Å².